The number of carbonyl (C=O) groups excluding carboxylic acids is 3. The van der Waals surface area contributed by atoms with Gasteiger partial charge in [-0.05, 0) is 31.6 Å². The molecular weight excluding hydrogens is 448 g/mol. The third-order valence-corrected chi connectivity index (χ3v) is 8.53. The Morgan fingerprint density at radius 3 is 2.54 bits per heavy atom. The molecule has 4 rings (SSSR count). The standard InChI is InChI=1S/C27H40N2O6/c1-5-14-28(18-10-8-7-9-11-18)25(32)23-27-13-12-20(35-27)21(26(33)34-15-6-2)22(27)24(31)29(23)19(16-30)17(3)4/h5-6,17-23,30H,1-2,7-16H2,3-4H3/t19-,20+,21-,22-,23?,27?/m0/s1. The Labute approximate surface area is 208 Å². The van der Waals surface area contributed by atoms with Crippen LogP contribution >= 0.6 is 0 Å². The lowest BCUT2D eigenvalue weighted by Crippen LogP contribution is -2.61. The largest absolute Gasteiger partial charge is 0.461 e. The van der Waals surface area contributed by atoms with Gasteiger partial charge in [0.2, 0.25) is 11.8 Å². The lowest BCUT2D eigenvalue weighted by molar-refractivity contribution is -0.157. The van der Waals surface area contributed by atoms with E-state index in [1.165, 1.54) is 6.08 Å². The van der Waals surface area contributed by atoms with E-state index in [0.29, 0.717) is 19.4 Å². The molecule has 0 aromatic heterocycles. The van der Waals surface area contributed by atoms with Gasteiger partial charge in [0.1, 0.15) is 18.2 Å². The number of nitrogens with zero attached hydrogens (tertiary/aromatic N) is 2. The second kappa shape index (κ2) is 10.4. The van der Waals surface area contributed by atoms with Crippen LogP contribution in [0.4, 0.5) is 0 Å². The number of esters is 1. The zero-order valence-electron chi connectivity index (χ0n) is 21.1. The summed E-state index contributed by atoms with van der Waals surface area (Å²) in [5, 5.41) is 10.3. The molecule has 1 saturated carbocycles. The fourth-order valence-corrected chi connectivity index (χ4v) is 6.96. The first-order valence-electron chi connectivity index (χ1n) is 13.1. The van der Waals surface area contributed by atoms with E-state index < -0.39 is 41.6 Å². The summed E-state index contributed by atoms with van der Waals surface area (Å²) in [4.78, 5) is 44.9. The van der Waals surface area contributed by atoms with Gasteiger partial charge in [-0.1, -0.05) is 51.8 Å². The Hall–Kier alpha value is -2.19. The van der Waals surface area contributed by atoms with Gasteiger partial charge >= 0.3 is 5.97 Å². The Balaban J connectivity index is 1.76. The van der Waals surface area contributed by atoms with Crippen LogP contribution in [-0.4, -0.2) is 82.3 Å². The number of amides is 2. The minimum Gasteiger partial charge on any atom is -0.461 e. The summed E-state index contributed by atoms with van der Waals surface area (Å²) in [7, 11) is 0. The van der Waals surface area contributed by atoms with E-state index in [1.807, 2.05) is 18.7 Å². The number of aliphatic hydroxyl groups is 1. The van der Waals surface area contributed by atoms with E-state index in [1.54, 1.807) is 11.0 Å². The first-order chi connectivity index (χ1) is 16.8. The highest BCUT2D eigenvalue weighted by molar-refractivity contribution is 5.98. The van der Waals surface area contributed by atoms with Crippen LogP contribution in [0.25, 0.3) is 0 Å². The van der Waals surface area contributed by atoms with Crippen molar-refractivity contribution < 1.29 is 29.0 Å². The van der Waals surface area contributed by atoms with Crippen LogP contribution in [0.3, 0.4) is 0 Å². The molecule has 3 saturated heterocycles. The molecule has 1 aliphatic carbocycles. The van der Waals surface area contributed by atoms with Crippen molar-refractivity contribution in [2.24, 2.45) is 17.8 Å². The van der Waals surface area contributed by atoms with Crippen molar-refractivity contribution in [1.29, 1.82) is 0 Å². The molecule has 1 N–H and O–H groups in total. The minimum absolute atomic E-state index is 0.0576. The summed E-state index contributed by atoms with van der Waals surface area (Å²) < 4.78 is 11.8. The molecule has 2 bridgehead atoms. The molecule has 8 nitrogen and oxygen atoms in total. The fraction of sp³-hybridized carbons (Fsp3) is 0.741. The molecule has 1 spiro atoms. The third kappa shape index (κ3) is 4.22. The SMILES string of the molecule is C=CCOC(=O)[C@@H]1[C@H]2C(=O)N([C@@H](CO)C(C)C)C(C(=O)N(CC=C)C3CCCCC3)C23CC[C@H]1O3. The van der Waals surface area contributed by atoms with Crippen LogP contribution < -0.4 is 0 Å². The number of hydrogen-bond acceptors (Lipinski definition) is 6. The summed E-state index contributed by atoms with van der Waals surface area (Å²) in [6.07, 6.45) is 9.02. The zero-order valence-corrected chi connectivity index (χ0v) is 21.1. The molecule has 4 aliphatic rings. The number of hydrogen-bond donors (Lipinski definition) is 1. The maximum absolute atomic E-state index is 14.4. The van der Waals surface area contributed by atoms with Crippen molar-refractivity contribution in [3.05, 3.63) is 25.3 Å². The van der Waals surface area contributed by atoms with Gasteiger partial charge < -0.3 is 24.4 Å². The van der Waals surface area contributed by atoms with E-state index >= 15 is 0 Å². The summed E-state index contributed by atoms with van der Waals surface area (Å²) in [6.45, 7) is 11.5. The maximum Gasteiger partial charge on any atom is 0.312 e. The van der Waals surface area contributed by atoms with Gasteiger partial charge in [0.15, 0.2) is 0 Å². The Morgan fingerprint density at radius 2 is 1.94 bits per heavy atom. The molecule has 3 heterocycles. The van der Waals surface area contributed by atoms with E-state index in [0.717, 1.165) is 32.1 Å². The minimum atomic E-state index is -1.09. The highest BCUT2D eigenvalue weighted by Gasteiger charge is 2.75. The molecule has 8 heteroatoms. The molecule has 3 aliphatic heterocycles. The predicted molar refractivity (Wildman–Crippen MR) is 130 cm³/mol. The van der Waals surface area contributed by atoms with Gasteiger partial charge in [-0.3, -0.25) is 14.4 Å². The average molecular weight is 489 g/mol. The Kier molecular flexibility index (Phi) is 7.71. The quantitative estimate of drug-likeness (QED) is 0.375. The van der Waals surface area contributed by atoms with Gasteiger partial charge in [-0.15, -0.1) is 6.58 Å². The summed E-state index contributed by atoms with van der Waals surface area (Å²) in [5.74, 6) is -2.57. The molecule has 0 radical (unpaired) electrons. The highest BCUT2D eigenvalue weighted by atomic mass is 16.6. The van der Waals surface area contributed by atoms with E-state index in [-0.39, 0.29) is 37.0 Å². The van der Waals surface area contributed by atoms with Gasteiger partial charge in [-0.25, -0.2) is 0 Å². The van der Waals surface area contributed by atoms with Crippen molar-refractivity contribution in [3.63, 3.8) is 0 Å². The van der Waals surface area contributed by atoms with Crippen molar-refractivity contribution in [1.82, 2.24) is 9.80 Å². The second-order valence-electron chi connectivity index (χ2n) is 10.8. The first kappa shape index (κ1) is 25.9. The predicted octanol–water partition coefficient (Wildman–Crippen LogP) is 2.45. The van der Waals surface area contributed by atoms with Crippen LogP contribution in [0.5, 0.6) is 0 Å². The monoisotopic (exact) mass is 488 g/mol. The smallest absolute Gasteiger partial charge is 0.312 e. The van der Waals surface area contributed by atoms with Crippen LogP contribution in [-0.2, 0) is 23.9 Å². The normalized spacial score (nSPS) is 33.0. The van der Waals surface area contributed by atoms with Crippen LogP contribution in [0.2, 0.25) is 0 Å². The number of carbonyl (C=O) groups is 3. The summed E-state index contributed by atoms with van der Waals surface area (Å²) in [5.41, 5.74) is -1.09. The average Bonchev–Trinajstić information content (AvgIpc) is 3.49. The summed E-state index contributed by atoms with van der Waals surface area (Å²) in [6, 6.07) is -1.36. The highest BCUT2D eigenvalue weighted by Crippen LogP contribution is 2.59. The molecule has 2 unspecified atom stereocenters. The number of rotatable bonds is 10. The van der Waals surface area contributed by atoms with Crippen molar-refractivity contribution in [2.75, 3.05) is 19.8 Å². The second-order valence-corrected chi connectivity index (χ2v) is 10.8. The van der Waals surface area contributed by atoms with Crippen LogP contribution in [0.1, 0.15) is 58.8 Å². The molecule has 4 fully saturated rings. The fourth-order valence-electron chi connectivity index (χ4n) is 6.96. The molecule has 2 amide bonds. The number of aliphatic hydroxyl groups excluding tert-OH is 1. The van der Waals surface area contributed by atoms with E-state index in [9.17, 15) is 19.5 Å². The van der Waals surface area contributed by atoms with Crippen molar-refractivity contribution >= 4 is 17.8 Å². The van der Waals surface area contributed by atoms with Gasteiger partial charge in [0, 0.05) is 12.6 Å². The van der Waals surface area contributed by atoms with E-state index in [4.69, 9.17) is 9.47 Å². The lowest BCUT2D eigenvalue weighted by Gasteiger charge is -2.43. The van der Waals surface area contributed by atoms with Gasteiger partial charge in [0.05, 0.1) is 30.6 Å². The van der Waals surface area contributed by atoms with Gasteiger partial charge in [0.25, 0.3) is 0 Å². The topological polar surface area (TPSA) is 96.4 Å². The molecule has 6 atom stereocenters. The zero-order chi connectivity index (χ0) is 25.3. The number of likely N-dealkylation sites (tertiary alicyclic amines) is 1. The Morgan fingerprint density at radius 1 is 1.23 bits per heavy atom. The van der Waals surface area contributed by atoms with Crippen LogP contribution in [0.15, 0.2) is 25.3 Å². The van der Waals surface area contributed by atoms with Crippen LogP contribution in [0, 0.1) is 17.8 Å². The van der Waals surface area contributed by atoms with Crippen molar-refractivity contribution in [3.8, 4) is 0 Å². The van der Waals surface area contributed by atoms with Gasteiger partial charge in [-0.2, -0.15) is 0 Å². The third-order valence-electron chi connectivity index (χ3n) is 8.53. The number of ether oxygens (including phenoxy) is 2. The lowest BCUT2D eigenvalue weighted by atomic mass is 9.70. The van der Waals surface area contributed by atoms with Crippen molar-refractivity contribution in [2.45, 2.75) is 88.6 Å². The molecular formula is C27H40N2O6. The number of fused-ring (bicyclic) bond motifs is 1. The molecule has 0 aromatic rings. The first-order valence-corrected chi connectivity index (χ1v) is 13.1. The maximum atomic E-state index is 14.4. The molecule has 0 aromatic carbocycles. The molecule has 35 heavy (non-hydrogen) atoms. The molecule has 194 valence electrons. The summed E-state index contributed by atoms with van der Waals surface area (Å²) >= 11 is 0. The Bertz CT molecular complexity index is 853. The van der Waals surface area contributed by atoms with E-state index in [2.05, 4.69) is 13.2 Å².